The number of halogens is 4. The Morgan fingerprint density at radius 3 is 2.66 bits per heavy atom. The van der Waals surface area contributed by atoms with E-state index in [1.165, 1.54) is 18.3 Å². The Morgan fingerprint density at radius 2 is 1.96 bits per heavy atom. The predicted molar refractivity (Wildman–Crippen MR) is 187 cm³/mol. The first-order valence-electron chi connectivity index (χ1n) is 15.3. The molecule has 6 rings (SSSR count). The van der Waals surface area contributed by atoms with Crippen molar-refractivity contribution in [3.05, 3.63) is 105 Å². The summed E-state index contributed by atoms with van der Waals surface area (Å²) in [5.41, 5.74) is 9.99. The molecule has 47 heavy (non-hydrogen) atoms. The van der Waals surface area contributed by atoms with Gasteiger partial charge in [-0.2, -0.15) is 5.26 Å². The van der Waals surface area contributed by atoms with Crippen molar-refractivity contribution in [2.75, 3.05) is 36.9 Å². The average Bonchev–Trinajstić information content (AvgIpc) is 3.53. The van der Waals surface area contributed by atoms with Gasteiger partial charge < -0.3 is 20.8 Å². The Hall–Kier alpha value is -3.82. The molecule has 1 atom stereocenters. The number of aromatic nitrogens is 1. The van der Waals surface area contributed by atoms with Crippen molar-refractivity contribution in [1.29, 1.82) is 5.26 Å². The lowest BCUT2D eigenvalue weighted by atomic mass is 10.0. The highest BCUT2D eigenvalue weighted by Crippen LogP contribution is 2.38. The molecular formula is C34H34Cl3FN8O. The standard InChI is InChI=1S/C34H34Cl3FN8O/c1-3-4-5-6-20(2)32(29-17-46(44-43-29)23-9-11-45(12-10-23)24-18-47-19-24)41-22-13-25-33(21(15-39)16-40-34(25)27(36)14-22)42-28-8-7-26(35)30(37)31(28)38/h3-8,13-14,16-17,23-24,32,41,43-44H,2,9-12,18-19H2,1H3,(H,40,42)/b4-3-,6-5-/t32-/m0/s1. The number of ether oxygens (including phenoxy) is 1. The zero-order valence-electron chi connectivity index (χ0n) is 25.7. The number of likely N-dealkylation sites (tertiary alicyclic amines) is 1. The highest BCUT2D eigenvalue weighted by atomic mass is 35.5. The Bertz CT molecular complexity index is 1810. The van der Waals surface area contributed by atoms with E-state index in [4.69, 9.17) is 39.5 Å². The van der Waals surface area contributed by atoms with Crippen molar-refractivity contribution in [3.63, 3.8) is 0 Å². The first-order valence-corrected chi connectivity index (χ1v) is 16.4. The number of fused-ring (bicyclic) bond motifs is 1. The van der Waals surface area contributed by atoms with Crippen LogP contribution in [0.15, 0.2) is 78.8 Å². The second kappa shape index (κ2) is 14.5. The number of hydrazine groups is 2. The maximum atomic E-state index is 15.1. The molecule has 3 aliphatic heterocycles. The molecule has 0 unspecified atom stereocenters. The Kier molecular flexibility index (Phi) is 10.2. The van der Waals surface area contributed by atoms with Gasteiger partial charge in [0.05, 0.1) is 68.5 Å². The van der Waals surface area contributed by atoms with Gasteiger partial charge in [0.2, 0.25) is 0 Å². The fraction of sp³-hybridized carbons (Fsp3) is 0.294. The summed E-state index contributed by atoms with van der Waals surface area (Å²) >= 11 is 18.9. The minimum Gasteiger partial charge on any atom is -0.378 e. The molecule has 2 saturated heterocycles. The SMILES string of the molecule is C=C(/C=C\C=C/C)[C@H](Nc1cc(Cl)c2ncc(C#N)c(Nc3ccc(Cl)c(Cl)c3F)c2c1)C1=CN(C2CCN(C3COC3)CC2)NN1. The number of anilines is 3. The van der Waals surface area contributed by atoms with Crippen LogP contribution in [0.25, 0.3) is 10.9 Å². The van der Waals surface area contributed by atoms with Gasteiger partial charge >= 0.3 is 0 Å². The van der Waals surface area contributed by atoms with E-state index in [0.29, 0.717) is 39.4 Å². The number of nitrogens with zero attached hydrogens (tertiary/aromatic N) is 4. The number of pyridine rings is 1. The molecule has 0 amide bonds. The summed E-state index contributed by atoms with van der Waals surface area (Å²) in [4.78, 5) is 6.94. The van der Waals surface area contributed by atoms with E-state index in [1.807, 2.05) is 37.3 Å². The number of nitrogens with one attached hydrogen (secondary N) is 4. The van der Waals surface area contributed by atoms with Gasteiger partial charge in [0, 0.05) is 42.6 Å². The van der Waals surface area contributed by atoms with E-state index in [2.05, 4.69) is 55.3 Å². The monoisotopic (exact) mass is 694 g/mol. The molecule has 2 aromatic carbocycles. The summed E-state index contributed by atoms with van der Waals surface area (Å²) in [6.07, 6.45) is 13.3. The maximum absolute atomic E-state index is 15.1. The van der Waals surface area contributed by atoms with E-state index in [0.717, 1.165) is 50.4 Å². The molecule has 3 aliphatic rings. The van der Waals surface area contributed by atoms with E-state index < -0.39 is 5.82 Å². The van der Waals surface area contributed by atoms with Crippen molar-refractivity contribution in [1.82, 2.24) is 25.9 Å². The quantitative estimate of drug-likeness (QED) is 0.127. The smallest absolute Gasteiger partial charge is 0.166 e. The molecule has 13 heteroatoms. The van der Waals surface area contributed by atoms with Crippen LogP contribution in [-0.4, -0.2) is 59.3 Å². The van der Waals surface area contributed by atoms with Crippen LogP contribution in [-0.2, 0) is 4.74 Å². The molecule has 4 N–H and O–H groups in total. The van der Waals surface area contributed by atoms with Crippen LogP contribution in [0.5, 0.6) is 0 Å². The molecule has 0 radical (unpaired) electrons. The maximum Gasteiger partial charge on any atom is 0.166 e. The number of nitriles is 1. The normalized spacial score (nSPS) is 18.3. The largest absolute Gasteiger partial charge is 0.378 e. The Morgan fingerprint density at radius 1 is 1.17 bits per heavy atom. The second-order valence-corrected chi connectivity index (χ2v) is 12.8. The predicted octanol–water partition coefficient (Wildman–Crippen LogP) is 7.45. The molecule has 9 nitrogen and oxygen atoms in total. The van der Waals surface area contributed by atoms with Crippen molar-refractivity contribution >= 4 is 62.8 Å². The number of hydrogen-bond donors (Lipinski definition) is 4. The minimum absolute atomic E-state index is 0.0524. The molecule has 0 spiro atoms. The Balaban J connectivity index is 1.31. The average molecular weight is 696 g/mol. The van der Waals surface area contributed by atoms with E-state index in [9.17, 15) is 5.26 Å². The third kappa shape index (κ3) is 7.06. The van der Waals surface area contributed by atoms with Gasteiger partial charge in [0.15, 0.2) is 5.82 Å². The van der Waals surface area contributed by atoms with Crippen molar-refractivity contribution in [2.24, 2.45) is 0 Å². The van der Waals surface area contributed by atoms with E-state index >= 15 is 4.39 Å². The third-order valence-electron chi connectivity index (χ3n) is 8.58. The van der Waals surface area contributed by atoms with Crippen LogP contribution >= 0.6 is 34.8 Å². The van der Waals surface area contributed by atoms with Crippen LogP contribution in [0.2, 0.25) is 15.1 Å². The lowest BCUT2D eigenvalue weighted by Gasteiger charge is -2.42. The number of benzene rings is 2. The molecule has 3 aromatic rings. The zero-order valence-corrected chi connectivity index (χ0v) is 27.9. The first kappa shape index (κ1) is 33.1. The summed E-state index contributed by atoms with van der Waals surface area (Å²) in [6.45, 7) is 10.0. The highest BCUT2D eigenvalue weighted by molar-refractivity contribution is 6.42. The highest BCUT2D eigenvalue weighted by Gasteiger charge is 2.33. The van der Waals surface area contributed by atoms with Crippen molar-refractivity contribution in [3.8, 4) is 6.07 Å². The lowest BCUT2D eigenvalue weighted by Crippen LogP contribution is -2.55. The second-order valence-electron chi connectivity index (χ2n) is 11.6. The fourth-order valence-corrected chi connectivity index (χ4v) is 6.47. The molecule has 0 aliphatic carbocycles. The van der Waals surface area contributed by atoms with Crippen LogP contribution in [0.1, 0.15) is 25.3 Å². The molecular weight excluding hydrogens is 662 g/mol. The minimum atomic E-state index is -0.739. The van der Waals surface area contributed by atoms with Crippen molar-refractivity contribution < 1.29 is 9.13 Å². The molecule has 0 saturated carbocycles. The lowest BCUT2D eigenvalue weighted by molar-refractivity contribution is -0.0760. The van der Waals surface area contributed by atoms with Crippen LogP contribution in [0.3, 0.4) is 0 Å². The molecule has 4 heterocycles. The fourth-order valence-electron chi connectivity index (χ4n) is 5.89. The van der Waals surface area contributed by atoms with E-state index in [1.54, 1.807) is 6.07 Å². The van der Waals surface area contributed by atoms with Gasteiger partial charge in [-0.3, -0.25) is 14.9 Å². The number of hydrogen-bond acceptors (Lipinski definition) is 9. The molecule has 244 valence electrons. The summed E-state index contributed by atoms with van der Waals surface area (Å²) in [5.74, 6) is -0.739. The summed E-state index contributed by atoms with van der Waals surface area (Å²) in [5, 5.41) is 19.4. The summed E-state index contributed by atoms with van der Waals surface area (Å²) < 4.78 is 20.5. The van der Waals surface area contributed by atoms with Gasteiger partial charge in [-0.25, -0.2) is 4.39 Å². The van der Waals surface area contributed by atoms with Gasteiger partial charge in [-0.05, 0) is 49.6 Å². The van der Waals surface area contributed by atoms with Crippen LogP contribution in [0, 0.1) is 17.1 Å². The summed E-state index contributed by atoms with van der Waals surface area (Å²) in [6, 6.07) is 9.15. The zero-order chi connectivity index (χ0) is 33.1. The Labute approximate surface area is 288 Å². The van der Waals surface area contributed by atoms with Gasteiger partial charge in [-0.1, -0.05) is 65.7 Å². The van der Waals surface area contributed by atoms with Crippen LogP contribution < -0.4 is 21.6 Å². The van der Waals surface area contributed by atoms with E-state index in [-0.39, 0.29) is 27.3 Å². The van der Waals surface area contributed by atoms with Gasteiger partial charge in [0.25, 0.3) is 0 Å². The third-order valence-corrected chi connectivity index (χ3v) is 9.65. The number of allylic oxidation sites excluding steroid dienone is 3. The molecule has 2 fully saturated rings. The summed E-state index contributed by atoms with van der Waals surface area (Å²) in [7, 11) is 0. The molecule has 0 bridgehead atoms. The van der Waals surface area contributed by atoms with Crippen molar-refractivity contribution in [2.45, 2.75) is 37.9 Å². The van der Waals surface area contributed by atoms with Gasteiger partial charge in [-0.15, -0.1) is 5.53 Å². The van der Waals surface area contributed by atoms with Gasteiger partial charge in [0.1, 0.15) is 6.07 Å². The molecule has 1 aromatic heterocycles. The number of rotatable bonds is 10. The first-order chi connectivity index (χ1) is 22.8. The number of piperidine rings is 1. The topological polar surface area (TPSA) is 101 Å². The van der Waals surface area contributed by atoms with Crippen LogP contribution in [0.4, 0.5) is 21.5 Å².